The monoisotopic (exact) mass is 613 g/mol. The van der Waals surface area contributed by atoms with Gasteiger partial charge in [-0.25, -0.2) is 0 Å². The van der Waals surface area contributed by atoms with Crippen LogP contribution < -0.4 is 5.32 Å². The van der Waals surface area contributed by atoms with Crippen LogP contribution in [0.5, 0.6) is 0 Å². The molecular formula is C29H59NO12. The minimum absolute atomic E-state index is 0.0807. The lowest BCUT2D eigenvalue weighted by Gasteiger charge is -2.09. The fourth-order valence-corrected chi connectivity index (χ4v) is 3.03. The van der Waals surface area contributed by atoms with Crippen LogP contribution in [-0.4, -0.2) is 158 Å². The van der Waals surface area contributed by atoms with Gasteiger partial charge < -0.3 is 57.4 Å². The standard InChI is InChI=1S/C29H59NO12/c1-3-5-6-29(31)30-7-8-33-11-12-35-15-16-37-19-20-39-23-24-41-27-28-42-26-25-40-22-21-38-18-17-36-14-13-34-10-9-32-4-2/h3-28H2,1-2H3,(H,30,31). The third-order valence-electron chi connectivity index (χ3n) is 5.25. The van der Waals surface area contributed by atoms with Crippen molar-refractivity contribution in [2.75, 3.05) is 152 Å². The lowest BCUT2D eigenvalue weighted by atomic mass is 10.2. The largest absolute Gasteiger partial charge is 0.379 e. The van der Waals surface area contributed by atoms with Gasteiger partial charge >= 0.3 is 0 Å². The fourth-order valence-electron chi connectivity index (χ4n) is 3.03. The topological polar surface area (TPSA) is 131 Å². The average Bonchev–Trinajstić information content (AvgIpc) is 3.00. The number of hydrogen-bond acceptors (Lipinski definition) is 12. The molecule has 0 aliphatic rings. The van der Waals surface area contributed by atoms with Gasteiger partial charge in [0.1, 0.15) is 0 Å². The van der Waals surface area contributed by atoms with Gasteiger partial charge in [0.05, 0.1) is 139 Å². The molecule has 0 radical (unpaired) electrons. The maximum Gasteiger partial charge on any atom is 0.220 e. The Bertz CT molecular complexity index is 519. The molecule has 13 nitrogen and oxygen atoms in total. The molecule has 0 bridgehead atoms. The van der Waals surface area contributed by atoms with E-state index in [2.05, 4.69) is 12.2 Å². The Morgan fingerprint density at radius 1 is 0.405 bits per heavy atom. The van der Waals surface area contributed by atoms with Crippen molar-refractivity contribution >= 4 is 5.91 Å². The van der Waals surface area contributed by atoms with Gasteiger partial charge in [0.25, 0.3) is 0 Å². The summed E-state index contributed by atoms with van der Waals surface area (Å²) < 4.78 is 59.6. The number of hydrogen-bond donors (Lipinski definition) is 1. The van der Waals surface area contributed by atoms with Crippen LogP contribution >= 0.6 is 0 Å². The van der Waals surface area contributed by atoms with Crippen LogP contribution in [0.4, 0.5) is 0 Å². The molecule has 0 saturated heterocycles. The summed E-state index contributed by atoms with van der Waals surface area (Å²) in [7, 11) is 0. The van der Waals surface area contributed by atoms with Crippen LogP contribution in [0.15, 0.2) is 0 Å². The highest BCUT2D eigenvalue weighted by Gasteiger charge is 1.99. The van der Waals surface area contributed by atoms with E-state index in [9.17, 15) is 4.79 Å². The van der Waals surface area contributed by atoms with Crippen molar-refractivity contribution < 1.29 is 56.9 Å². The van der Waals surface area contributed by atoms with E-state index >= 15 is 0 Å². The second kappa shape index (κ2) is 38.1. The van der Waals surface area contributed by atoms with Gasteiger partial charge in [-0.05, 0) is 13.3 Å². The minimum atomic E-state index is 0.0807. The summed E-state index contributed by atoms with van der Waals surface area (Å²) in [6.07, 6.45) is 2.52. The van der Waals surface area contributed by atoms with Gasteiger partial charge in [0.2, 0.25) is 5.91 Å². The van der Waals surface area contributed by atoms with Crippen molar-refractivity contribution in [1.29, 1.82) is 0 Å². The smallest absolute Gasteiger partial charge is 0.220 e. The molecule has 42 heavy (non-hydrogen) atoms. The van der Waals surface area contributed by atoms with E-state index in [0.717, 1.165) is 12.8 Å². The van der Waals surface area contributed by atoms with E-state index in [1.807, 2.05) is 6.92 Å². The van der Waals surface area contributed by atoms with Crippen molar-refractivity contribution in [2.45, 2.75) is 33.1 Å². The van der Waals surface area contributed by atoms with Crippen LogP contribution in [0.25, 0.3) is 0 Å². The maximum atomic E-state index is 11.4. The molecule has 252 valence electrons. The molecule has 0 aliphatic carbocycles. The zero-order valence-corrected chi connectivity index (χ0v) is 26.3. The molecule has 0 aromatic carbocycles. The third kappa shape index (κ3) is 37.1. The molecule has 0 unspecified atom stereocenters. The zero-order valence-electron chi connectivity index (χ0n) is 26.3. The molecule has 0 heterocycles. The Kier molecular flexibility index (Phi) is 37.2. The van der Waals surface area contributed by atoms with E-state index in [-0.39, 0.29) is 5.91 Å². The molecule has 0 spiro atoms. The first-order valence-electron chi connectivity index (χ1n) is 15.4. The van der Waals surface area contributed by atoms with Gasteiger partial charge in [-0.3, -0.25) is 4.79 Å². The Balaban J connectivity index is 3.06. The SMILES string of the molecule is CCCCC(=O)NCCOCCOCCOCCOCCOCCOCCOCCOCCOCCOCCOCC. The highest BCUT2D eigenvalue weighted by molar-refractivity contribution is 5.75. The number of nitrogens with one attached hydrogen (secondary N) is 1. The summed E-state index contributed by atoms with van der Waals surface area (Å²) in [6.45, 7) is 16.2. The second-order valence-corrected chi connectivity index (χ2v) is 8.77. The molecule has 0 aromatic heterocycles. The van der Waals surface area contributed by atoms with Gasteiger partial charge in [-0.2, -0.15) is 0 Å². The number of carbonyl (C=O) groups is 1. The van der Waals surface area contributed by atoms with Gasteiger partial charge in [-0.15, -0.1) is 0 Å². The molecule has 0 aromatic rings. The van der Waals surface area contributed by atoms with E-state index in [1.54, 1.807) is 0 Å². The Morgan fingerprint density at radius 3 is 0.929 bits per heavy atom. The van der Waals surface area contributed by atoms with Crippen molar-refractivity contribution in [3.05, 3.63) is 0 Å². The van der Waals surface area contributed by atoms with Crippen LogP contribution in [-0.2, 0) is 56.9 Å². The summed E-state index contributed by atoms with van der Waals surface area (Å²) >= 11 is 0. The summed E-state index contributed by atoms with van der Waals surface area (Å²) in [4.78, 5) is 11.4. The maximum absolute atomic E-state index is 11.4. The minimum Gasteiger partial charge on any atom is -0.379 e. The van der Waals surface area contributed by atoms with Crippen molar-refractivity contribution in [3.8, 4) is 0 Å². The van der Waals surface area contributed by atoms with Crippen LogP contribution in [0.2, 0.25) is 0 Å². The normalized spacial score (nSPS) is 11.4. The number of ether oxygens (including phenoxy) is 11. The van der Waals surface area contributed by atoms with Gasteiger partial charge in [0.15, 0.2) is 0 Å². The average molecular weight is 614 g/mol. The predicted octanol–water partition coefficient (Wildman–Crippen LogP) is 1.50. The second-order valence-electron chi connectivity index (χ2n) is 8.77. The first-order valence-corrected chi connectivity index (χ1v) is 15.4. The third-order valence-corrected chi connectivity index (χ3v) is 5.25. The van der Waals surface area contributed by atoms with Crippen molar-refractivity contribution in [1.82, 2.24) is 5.32 Å². The quantitative estimate of drug-likeness (QED) is 0.102. The first-order chi connectivity index (χ1) is 20.8. The fraction of sp³-hybridized carbons (Fsp3) is 0.966. The number of rotatable bonds is 37. The predicted molar refractivity (Wildman–Crippen MR) is 157 cm³/mol. The summed E-state index contributed by atoms with van der Waals surface area (Å²) in [5.74, 6) is 0.0807. The van der Waals surface area contributed by atoms with Crippen LogP contribution in [0.3, 0.4) is 0 Å². The zero-order chi connectivity index (χ0) is 30.4. The molecule has 0 rings (SSSR count). The lowest BCUT2D eigenvalue weighted by molar-refractivity contribution is -0.121. The van der Waals surface area contributed by atoms with E-state index in [1.165, 1.54) is 0 Å². The summed E-state index contributed by atoms with van der Waals surface area (Å²) in [6, 6.07) is 0. The van der Waals surface area contributed by atoms with E-state index in [0.29, 0.717) is 158 Å². The van der Waals surface area contributed by atoms with Gasteiger partial charge in [-0.1, -0.05) is 13.3 Å². The molecular weight excluding hydrogens is 554 g/mol. The van der Waals surface area contributed by atoms with Crippen molar-refractivity contribution in [2.24, 2.45) is 0 Å². The highest BCUT2D eigenvalue weighted by atomic mass is 16.6. The first kappa shape index (κ1) is 41.0. The molecule has 0 fully saturated rings. The highest BCUT2D eigenvalue weighted by Crippen LogP contribution is 1.92. The summed E-state index contributed by atoms with van der Waals surface area (Å²) in [5, 5.41) is 2.83. The molecule has 1 N–H and O–H groups in total. The van der Waals surface area contributed by atoms with Crippen molar-refractivity contribution in [3.63, 3.8) is 0 Å². The number of unbranched alkanes of at least 4 members (excludes halogenated alkanes) is 1. The number of amides is 1. The van der Waals surface area contributed by atoms with E-state index < -0.39 is 0 Å². The van der Waals surface area contributed by atoms with Crippen LogP contribution in [0, 0.1) is 0 Å². The lowest BCUT2D eigenvalue weighted by Crippen LogP contribution is -2.27. The Morgan fingerprint density at radius 2 is 0.667 bits per heavy atom. The molecule has 1 amide bonds. The molecule has 13 heteroatoms. The number of carbonyl (C=O) groups excluding carboxylic acids is 1. The van der Waals surface area contributed by atoms with Gasteiger partial charge in [0, 0.05) is 19.6 Å². The molecule has 0 aliphatic heterocycles. The van der Waals surface area contributed by atoms with Crippen LogP contribution in [0.1, 0.15) is 33.1 Å². The molecule has 0 atom stereocenters. The molecule has 0 saturated carbocycles. The Hall–Kier alpha value is -0.970. The Labute approximate surface area is 253 Å². The van der Waals surface area contributed by atoms with E-state index in [4.69, 9.17) is 52.1 Å². The summed E-state index contributed by atoms with van der Waals surface area (Å²) in [5.41, 5.74) is 0.